The number of halogens is 1. The third kappa shape index (κ3) is 4.10. The second kappa shape index (κ2) is 7.90. The molecule has 0 saturated carbocycles. The van der Waals surface area contributed by atoms with E-state index in [2.05, 4.69) is 32.1 Å². The number of aryl methyl sites for hydroxylation is 1. The maximum atomic E-state index is 6.08. The van der Waals surface area contributed by atoms with Crippen LogP contribution in [0.15, 0.2) is 6.33 Å². The molecule has 2 aromatic heterocycles. The highest BCUT2D eigenvalue weighted by Crippen LogP contribution is 2.21. The van der Waals surface area contributed by atoms with Crippen molar-refractivity contribution in [3.05, 3.63) is 11.6 Å². The van der Waals surface area contributed by atoms with E-state index in [-0.39, 0.29) is 5.28 Å². The van der Waals surface area contributed by atoms with Crippen LogP contribution in [-0.4, -0.2) is 63.8 Å². The normalized spacial score (nSPS) is 16.1. The number of rotatable bonds is 7. The maximum Gasteiger partial charge on any atom is 0.226 e. The van der Waals surface area contributed by atoms with E-state index < -0.39 is 0 Å². The van der Waals surface area contributed by atoms with Gasteiger partial charge in [0.2, 0.25) is 5.28 Å². The van der Waals surface area contributed by atoms with E-state index in [9.17, 15) is 0 Å². The molecule has 0 aromatic carbocycles. The predicted molar refractivity (Wildman–Crippen MR) is 91.0 cm³/mol. The van der Waals surface area contributed by atoms with E-state index in [0.29, 0.717) is 5.82 Å². The summed E-state index contributed by atoms with van der Waals surface area (Å²) in [4.78, 5) is 15.5. The summed E-state index contributed by atoms with van der Waals surface area (Å²) in [5, 5.41) is 3.61. The zero-order valence-corrected chi connectivity index (χ0v) is 14.2. The number of fused-ring (bicyclic) bond motifs is 1. The van der Waals surface area contributed by atoms with Crippen molar-refractivity contribution < 1.29 is 4.74 Å². The number of nitrogens with zero attached hydrogens (tertiary/aromatic N) is 5. The van der Waals surface area contributed by atoms with Gasteiger partial charge in [0.15, 0.2) is 17.0 Å². The maximum absolute atomic E-state index is 6.08. The molecule has 0 radical (unpaired) electrons. The van der Waals surface area contributed by atoms with Crippen molar-refractivity contribution in [3.8, 4) is 0 Å². The van der Waals surface area contributed by atoms with Gasteiger partial charge in [0.1, 0.15) is 0 Å². The van der Waals surface area contributed by atoms with E-state index in [4.69, 9.17) is 16.3 Å². The molecule has 1 aliphatic rings. The van der Waals surface area contributed by atoms with Crippen molar-refractivity contribution in [3.63, 3.8) is 0 Å². The lowest BCUT2D eigenvalue weighted by Gasteiger charge is -2.26. The van der Waals surface area contributed by atoms with Gasteiger partial charge in [-0.15, -0.1) is 0 Å². The zero-order valence-electron chi connectivity index (χ0n) is 13.5. The van der Waals surface area contributed by atoms with E-state index in [1.54, 1.807) is 0 Å². The van der Waals surface area contributed by atoms with Gasteiger partial charge in [-0.2, -0.15) is 9.97 Å². The Hall–Kier alpha value is -1.44. The highest BCUT2D eigenvalue weighted by Gasteiger charge is 2.13. The predicted octanol–water partition coefficient (Wildman–Crippen LogP) is 2.02. The number of ether oxygens (including phenoxy) is 1. The van der Waals surface area contributed by atoms with Crippen LogP contribution in [0, 0.1) is 0 Å². The smallest absolute Gasteiger partial charge is 0.226 e. The minimum atomic E-state index is 0.254. The van der Waals surface area contributed by atoms with Gasteiger partial charge in [-0.1, -0.05) is 13.3 Å². The van der Waals surface area contributed by atoms with Crippen LogP contribution in [0.1, 0.15) is 19.8 Å². The molecule has 1 aliphatic heterocycles. The molecule has 0 amide bonds. The van der Waals surface area contributed by atoms with Crippen molar-refractivity contribution in [1.29, 1.82) is 0 Å². The molecule has 1 fully saturated rings. The van der Waals surface area contributed by atoms with Gasteiger partial charge in [-0.05, 0) is 18.0 Å². The van der Waals surface area contributed by atoms with E-state index in [1.165, 1.54) is 0 Å². The number of aromatic nitrogens is 4. The molecule has 3 rings (SSSR count). The van der Waals surface area contributed by atoms with Crippen LogP contribution in [0.4, 0.5) is 5.82 Å². The van der Waals surface area contributed by atoms with E-state index in [0.717, 1.165) is 69.9 Å². The fourth-order valence-corrected chi connectivity index (χ4v) is 2.85. The first-order valence-electron chi connectivity index (χ1n) is 8.20. The summed E-state index contributed by atoms with van der Waals surface area (Å²) in [6.07, 6.45) is 4.04. The molecule has 2 aromatic rings. The summed E-state index contributed by atoms with van der Waals surface area (Å²) in [5.41, 5.74) is 1.58. The molecule has 0 bridgehead atoms. The summed E-state index contributed by atoms with van der Waals surface area (Å²) >= 11 is 6.08. The highest BCUT2D eigenvalue weighted by atomic mass is 35.5. The zero-order chi connectivity index (χ0) is 16.1. The van der Waals surface area contributed by atoms with Crippen molar-refractivity contribution in [2.75, 3.05) is 44.7 Å². The molecule has 0 atom stereocenters. The summed E-state index contributed by atoms with van der Waals surface area (Å²) < 4.78 is 7.40. The Balaban J connectivity index is 1.68. The number of nitrogens with one attached hydrogen (secondary N) is 1. The van der Waals surface area contributed by atoms with Crippen molar-refractivity contribution in [2.24, 2.45) is 0 Å². The average Bonchev–Trinajstić information content (AvgIpc) is 2.97. The molecule has 1 N–H and O–H groups in total. The second-order valence-electron chi connectivity index (χ2n) is 5.69. The third-order valence-corrected chi connectivity index (χ3v) is 4.18. The molecule has 126 valence electrons. The number of morpholine rings is 1. The van der Waals surface area contributed by atoms with Crippen LogP contribution >= 0.6 is 11.6 Å². The summed E-state index contributed by atoms with van der Waals surface area (Å²) in [7, 11) is 0. The molecule has 3 heterocycles. The number of unbranched alkanes of at least 4 members (excludes halogenated alkanes) is 1. The van der Waals surface area contributed by atoms with Crippen molar-refractivity contribution in [1.82, 2.24) is 24.4 Å². The largest absolute Gasteiger partial charge is 0.379 e. The minimum Gasteiger partial charge on any atom is -0.379 e. The molecule has 0 aliphatic carbocycles. The SMILES string of the molecule is CCCCn1cnc2c(NCCN3CCOCC3)nc(Cl)nc21. The summed E-state index contributed by atoms with van der Waals surface area (Å²) in [5.74, 6) is 0.712. The lowest BCUT2D eigenvalue weighted by atomic mass is 10.3. The van der Waals surface area contributed by atoms with Gasteiger partial charge in [0.25, 0.3) is 0 Å². The molecule has 8 heteroatoms. The minimum absolute atomic E-state index is 0.254. The van der Waals surface area contributed by atoms with E-state index >= 15 is 0 Å². The van der Waals surface area contributed by atoms with Crippen LogP contribution in [0.5, 0.6) is 0 Å². The van der Waals surface area contributed by atoms with Crippen molar-refractivity contribution in [2.45, 2.75) is 26.3 Å². The van der Waals surface area contributed by atoms with Gasteiger partial charge in [0, 0.05) is 32.7 Å². The lowest BCUT2D eigenvalue weighted by Crippen LogP contribution is -2.39. The van der Waals surface area contributed by atoms with Gasteiger partial charge >= 0.3 is 0 Å². The molecule has 7 nitrogen and oxygen atoms in total. The number of anilines is 1. The first-order valence-corrected chi connectivity index (χ1v) is 8.58. The van der Waals surface area contributed by atoms with E-state index in [1.807, 2.05) is 10.9 Å². The average molecular weight is 339 g/mol. The first-order chi connectivity index (χ1) is 11.3. The quantitative estimate of drug-likeness (QED) is 0.779. The Bertz CT molecular complexity index is 640. The van der Waals surface area contributed by atoms with Crippen LogP contribution in [0.25, 0.3) is 11.2 Å². The third-order valence-electron chi connectivity index (χ3n) is 4.01. The van der Waals surface area contributed by atoms with Crippen LogP contribution in [0.2, 0.25) is 5.28 Å². The Morgan fingerprint density at radius 1 is 1.26 bits per heavy atom. The fraction of sp³-hybridized carbons (Fsp3) is 0.667. The fourth-order valence-electron chi connectivity index (χ4n) is 2.69. The monoisotopic (exact) mass is 338 g/mol. The lowest BCUT2D eigenvalue weighted by molar-refractivity contribution is 0.0398. The van der Waals surface area contributed by atoms with Gasteiger partial charge in [-0.3, -0.25) is 4.90 Å². The Kier molecular flexibility index (Phi) is 5.64. The molecule has 0 unspecified atom stereocenters. The Morgan fingerprint density at radius 3 is 2.87 bits per heavy atom. The second-order valence-corrected chi connectivity index (χ2v) is 6.02. The summed E-state index contributed by atoms with van der Waals surface area (Å²) in [6, 6.07) is 0. The number of hydrogen-bond acceptors (Lipinski definition) is 6. The highest BCUT2D eigenvalue weighted by molar-refractivity contribution is 6.28. The molecular formula is C15H23ClN6O. The van der Waals surface area contributed by atoms with Crippen LogP contribution in [-0.2, 0) is 11.3 Å². The number of imidazole rings is 1. The molecule has 23 heavy (non-hydrogen) atoms. The molecular weight excluding hydrogens is 316 g/mol. The summed E-state index contributed by atoms with van der Waals surface area (Å²) in [6.45, 7) is 8.39. The molecule has 1 saturated heterocycles. The first kappa shape index (κ1) is 16.4. The standard InChI is InChI=1S/C15H23ClN6O/c1-2-3-5-22-11-18-12-13(19-15(16)20-14(12)22)17-4-6-21-7-9-23-10-8-21/h11H,2-10H2,1H3,(H,17,19,20). The molecule has 0 spiro atoms. The Morgan fingerprint density at radius 2 is 2.09 bits per heavy atom. The number of hydrogen-bond donors (Lipinski definition) is 1. The van der Waals surface area contributed by atoms with Crippen LogP contribution < -0.4 is 5.32 Å². The van der Waals surface area contributed by atoms with Crippen molar-refractivity contribution >= 4 is 28.6 Å². The van der Waals surface area contributed by atoms with Gasteiger partial charge < -0.3 is 14.6 Å². The van der Waals surface area contributed by atoms with Gasteiger partial charge in [-0.25, -0.2) is 4.98 Å². The van der Waals surface area contributed by atoms with Crippen LogP contribution in [0.3, 0.4) is 0 Å². The topological polar surface area (TPSA) is 68.1 Å². The van der Waals surface area contributed by atoms with Gasteiger partial charge in [0.05, 0.1) is 19.5 Å². The Labute approximate surface area is 141 Å².